The minimum atomic E-state index is -1.12. The van der Waals surface area contributed by atoms with Gasteiger partial charge in [-0.15, -0.1) is 0 Å². The van der Waals surface area contributed by atoms with Gasteiger partial charge >= 0.3 is 5.97 Å². The van der Waals surface area contributed by atoms with Crippen molar-refractivity contribution in [2.75, 3.05) is 7.11 Å². The van der Waals surface area contributed by atoms with Crippen LogP contribution in [0.3, 0.4) is 0 Å². The summed E-state index contributed by atoms with van der Waals surface area (Å²) in [5.74, 6) is -0.224. The molecule has 2 aromatic rings. The summed E-state index contributed by atoms with van der Waals surface area (Å²) in [6.07, 6.45) is 1.41. The van der Waals surface area contributed by atoms with Crippen molar-refractivity contribution in [1.82, 2.24) is 4.98 Å². The standard InChI is InChI=1S/C14H12BrNO4/c1-19-11-5-4-10(15)7-9(11)8-20-12-3-2-6-16-13(12)14(17)18/h2-7H,8H2,1H3,(H,17,18). The van der Waals surface area contributed by atoms with E-state index in [0.717, 1.165) is 10.0 Å². The van der Waals surface area contributed by atoms with Crippen molar-refractivity contribution in [3.05, 3.63) is 52.3 Å². The van der Waals surface area contributed by atoms with Crippen LogP contribution in [0.25, 0.3) is 0 Å². The molecule has 0 saturated heterocycles. The summed E-state index contributed by atoms with van der Waals surface area (Å²) in [5.41, 5.74) is 0.698. The van der Waals surface area contributed by atoms with Gasteiger partial charge < -0.3 is 14.6 Å². The zero-order valence-electron chi connectivity index (χ0n) is 10.7. The maximum Gasteiger partial charge on any atom is 0.358 e. The van der Waals surface area contributed by atoms with Gasteiger partial charge in [-0.3, -0.25) is 0 Å². The van der Waals surface area contributed by atoms with E-state index in [1.54, 1.807) is 19.2 Å². The third-order valence-corrected chi connectivity index (χ3v) is 3.09. The lowest BCUT2D eigenvalue weighted by Crippen LogP contribution is -2.06. The minimum Gasteiger partial charge on any atom is -0.496 e. The van der Waals surface area contributed by atoms with Crippen LogP contribution in [-0.2, 0) is 6.61 Å². The van der Waals surface area contributed by atoms with Gasteiger partial charge in [0.2, 0.25) is 0 Å². The molecule has 1 aromatic carbocycles. The molecular weight excluding hydrogens is 326 g/mol. The van der Waals surface area contributed by atoms with Gasteiger partial charge in [-0.1, -0.05) is 15.9 Å². The average molecular weight is 338 g/mol. The van der Waals surface area contributed by atoms with E-state index in [1.165, 1.54) is 6.20 Å². The molecule has 20 heavy (non-hydrogen) atoms. The zero-order chi connectivity index (χ0) is 14.5. The van der Waals surface area contributed by atoms with Gasteiger partial charge in [0.25, 0.3) is 0 Å². The number of aromatic nitrogens is 1. The summed E-state index contributed by atoms with van der Waals surface area (Å²) in [6, 6.07) is 8.72. The number of halogens is 1. The van der Waals surface area contributed by atoms with Crippen molar-refractivity contribution in [2.24, 2.45) is 0 Å². The molecule has 0 fully saturated rings. The topological polar surface area (TPSA) is 68.7 Å². The predicted molar refractivity (Wildman–Crippen MR) is 76.2 cm³/mol. The highest BCUT2D eigenvalue weighted by Gasteiger charge is 2.13. The van der Waals surface area contributed by atoms with Crippen molar-refractivity contribution in [3.8, 4) is 11.5 Å². The molecule has 6 heteroatoms. The van der Waals surface area contributed by atoms with Crippen molar-refractivity contribution >= 4 is 21.9 Å². The van der Waals surface area contributed by atoms with Crippen molar-refractivity contribution in [2.45, 2.75) is 6.61 Å². The molecular formula is C14H12BrNO4. The number of pyridine rings is 1. The molecule has 0 unspecified atom stereocenters. The van der Waals surface area contributed by atoms with E-state index in [-0.39, 0.29) is 18.1 Å². The molecule has 1 aromatic heterocycles. The molecule has 0 aliphatic heterocycles. The number of nitrogens with zero attached hydrogens (tertiary/aromatic N) is 1. The Bertz CT molecular complexity index is 630. The second-order valence-corrected chi connectivity index (χ2v) is 4.82. The Morgan fingerprint density at radius 3 is 2.85 bits per heavy atom. The Labute approximate surface area is 124 Å². The van der Waals surface area contributed by atoms with E-state index in [9.17, 15) is 4.79 Å². The lowest BCUT2D eigenvalue weighted by atomic mass is 10.2. The molecule has 0 saturated carbocycles. The number of hydrogen-bond donors (Lipinski definition) is 1. The molecule has 0 aliphatic carbocycles. The third kappa shape index (κ3) is 3.27. The van der Waals surface area contributed by atoms with E-state index in [0.29, 0.717) is 5.75 Å². The summed E-state index contributed by atoms with van der Waals surface area (Å²) in [7, 11) is 1.57. The fourth-order valence-corrected chi connectivity index (χ4v) is 2.09. The predicted octanol–water partition coefficient (Wildman–Crippen LogP) is 3.13. The number of carbonyl (C=O) groups is 1. The molecule has 5 nitrogen and oxygen atoms in total. The van der Waals surface area contributed by atoms with E-state index in [2.05, 4.69) is 20.9 Å². The number of rotatable bonds is 5. The lowest BCUT2D eigenvalue weighted by molar-refractivity contribution is 0.0685. The number of carboxylic acids is 1. The van der Waals surface area contributed by atoms with E-state index in [1.807, 2.05) is 18.2 Å². The molecule has 0 atom stereocenters. The van der Waals surface area contributed by atoms with Crippen LogP contribution >= 0.6 is 15.9 Å². The summed E-state index contributed by atoms with van der Waals surface area (Å²) >= 11 is 3.37. The van der Waals surface area contributed by atoms with Crippen molar-refractivity contribution in [1.29, 1.82) is 0 Å². The van der Waals surface area contributed by atoms with Crippen LogP contribution in [0.1, 0.15) is 16.1 Å². The number of hydrogen-bond acceptors (Lipinski definition) is 4. The fourth-order valence-electron chi connectivity index (χ4n) is 1.68. The number of methoxy groups -OCH3 is 1. The van der Waals surface area contributed by atoms with E-state index >= 15 is 0 Å². The third-order valence-electron chi connectivity index (χ3n) is 2.60. The first-order chi connectivity index (χ1) is 9.61. The van der Waals surface area contributed by atoms with Gasteiger partial charge in [-0.25, -0.2) is 9.78 Å². The zero-order valence-corrected chi connectivity index (χ0v) is 12.3. The van der Waals surface area contributed by atoms with Crippen LogP contribution in [0.2, 0.25) is 0 Å². The largest absolute Gasteiger partial charge is 0.496 e. The highest BCUT2D eigenvalue weighted by atomic mass is 79.9. The van der Waals surface area contributed by atoms with Crippen molar-refractivity contribution in [3.63, 3.8) is 0 Å². The van der Waals surface area contributed by atoms with Gasteiger partial charge in [0.05, 0.1) is 7.11 Å². The number of aromatic carboxylic acids is 1. The fraction of sp³-hybridized carbons (Fsp3) is 0.143. The van der Waals surface area contributed by atoms with Gasteiger partial charge in [-0.05, 0) is 30.3 Å². The summed E-state index contributed by atoms with van der Waals surface area (Å²) in [6.45, 7) is 0.189. The smallest absolute Gasteiger partial charge is 0.358 e. The van der Waals surface area contributed by atoms with Crippen molar-refractivity contribution < 1.29 is 19.4 Å². The Hall–Kier alpha value is -2.08. The summed E-state index contributed by atoms with van der Waals surface area (Å²) in [5, 5.41) is 9.03. The average Bonchev–Trinajstić information content (AvgIpc) is 2.45. The molecule has 1 heterocycles. The quantitative estimate of drug-likeness (QED) is 0.907. The maximum absolute atomic E-state index is 11.0. The Morgan fingerprint density at radius 2 is 2.15 bits per heavy atom. The highest BCUT2D eigenvalue weighted by Crippen LogP contribution is 2.25. The van der Waals surface area contributed by atoms with Gasteiger partial charge in [0.15, 0.2) is 11.4 Å². The SMILES string of the molecule is COc1ccc(Br)cc1COc1cccnc1C(=O)O. The molecule has 1 N–H and O–H groups in total. The van der Waals surface area contributed by atoms with Crippen LogP contribution in [-0.4, -0.2) is 23.2 Å². The number of benzene rings is 1. The second-order valence-electron chi connectivity index (χ2n) is 3.90. The lowest BCUT2D eigenvalue weighted by Gasteiger charge is -2.11. The number of carboxylic acid groups (broad SMARTS) is 1. The first kappa shape index (κ1) is 14.3. The Morgan fingerprint density at radius 1 is 1.35 bits per heavy atom. The van der Waals surface area contributed by atoms with Crippen LogP contribution < -0.4 is 9.47 Å². The molecule has 0 radical (unpaired) electrons. The molecule has 0 amide bonds. The van der Waals surface area contributed by atoms with Gasteiger partial charge in [-0.2, -0.15) is 0 Å². The maximum atomic E-state index is 11.0. The number of ether oxygens (including phenoxy) is 2. The normalized spacial score (nSPS) is 10.1. The van der Waals surface area contributed by atoms with Crippen LogP contribution in [0.15, 0.2) is 41.0 Å². The van der Waals surface area contributed by atoms with Gasteiger partial charge in [0.1, 0.15) is 12.4 Å². The van der Waals surface area contributed by atoms with E-state index < -0.39 is 5.97 Å². The van der Waals surface area contributed by atoms with Crippen LogP contribution in [0.4, 0.5) is 0 Å². The van der Waals surface area contributed by atoms with Crippen LogP contribution in [0.5, 0.6) is 11.5 Å². The summed E-state index contributed by atoms with van der Waals surface area (Å²) < 4.78 is 11.7. The Balaban J connectivity index is 2.21. The van der Waals surface area contributed by atoms with Gasteiger partial charge in [0, 0.05) is 16.2 Å². The minimum absolute atomic E-state index is 0.110. The molecule has 0 aliphatic rings. The first-order valence-corrected chi connectivity index (χ1v) is 6.54. The molecule has 2 rings (SSSR count). The monoisotopic (exact) mass is 337 g/mol. The molecule has 0 spiro atoms. The second kappa shape index (κ2) is 6.38. The Kier molecular flexibility index (Phi) is 4.57. The highest BCUT2D eigenvalue weighted by molar-refractivity contribution is 9.10. The first-order valence-electron chi connectivity index (χ1n) is 5.75. The summed E-state index contributed by atoms with van der Waals surface area (Å²) in [4.78, 5) is 14.8. The molecule has 104 valence electrons. The van der Waals surface area contributed by atoms with Crippen LogP contribution in [0, 0.1) is 0 Å². The molecule has 0 bridgehead atoms. The van der Waals surface area contributed by atoms with E-state index in [4.69, 9.17) is 14.6 Å².